The van der Waals surface area contributed by atoms with Gasteiger partial charge < -0.3 is 20.5 Å². The summed E-state index contributed by atoms with van der Waals surface area (Å²) in [7, 11) is 1.52. The van der Waals surface area contributed by atoms with Gasteiger partial charge in [0.1, 0.15) is 0 Å². The number of nitrogens with one attached hydrogen (secondary N) is 1. The summed E-state index contributed by atoms with van der Waals surface area (Å²) in [5.41, 5.74) is 5.86. The molecule has 0 spiro atoms. The summed E-state index contributed by atoms with van der Waals surface area (Å²) in [5, 5.41) is 3.88. The molecule has 1 amide bonds. The van der Waals surface area contributed by atoms with E-state index in [1.165, 1.54) is 7.11 Å². The molecule has 0 heterocycles. The van der Waals surface area contributed by atoms with Crippen molar-refractivity contribution in [3.8, 4) is 11.5 Å². The van der Waals surface area contributed by atoms with Gasteiger partial charge in [0, 0.05) is 28.7 Å². The van der Waals surface area contributed by atoms with E-state index in [0.29, 0.717) is 23.1 Å². The van der Waals surface area contributed by atoms with Gasteiger partial charge in [0.2, 0.25) is 0 Å². The number of carbonyl (C=O) groups excluding carboxylic acids is 1. The summed E-state index contributed by atoms with van der Waals surface area (Å²) in [6.45, 7) is 6.49. The molecule has 0 bridgehead atoms. The van der Waals surface area contributed by atoms with Crippen LogP contribution in [0.15, 0.2) is 12.1 Å². The maximum absolute atomic E-state index is 10.9. The van der Waals surface area contributed by atoms with Gasteiger partial charge in [-0.1, -0.05) is 11.6 Å². The average molecular weight is 301 g/mol. The Morgan fingerprint density at radius 3 is 2.55 bits per heavy atom. The smallest absolute Gasteiger partial charge is 0.255 e. The standard InChI is InChI=1S/C14H21ClN2O3/c1-14(2,3)17-7-9-5-10(15)6-11(19-4)13(9)20-8-12(16)18/h5-6,17H,7-8H2,1-4H3,(H2,16,18). The van der Waals surface area contributed by atoms with Crippen LogP contribution in [-0.2, 0) is 11.3 Å². The zero-order chi connectivity index (χ0) is 15.3. The van der Waals surface area contributed by atoms with E-state index in [1.54, 1.807) is 12.1 Å². The summed E-state index contributed by atoms with van der Waals surface area (Å²) < 4.78 is 10.7. The highest BCUT2D eigenvalue weighted by Gasteiger charge is 2.16. The molecule has 0 aliphatic rings. The number of hydrogen-bond acceptors (Lipinski definition) is 4. The fourth-order valence-electron chi connectivity index (χ4n) is 1.57. The van der Waals surface area contributed by atoms with E-state index in [0.717, 1.165) is 5.56 Å². The Hall–Kier alpha value is -1.46. The SMILES string of the molecule is COc1cc(Cl)cc(CNC(C)(C)C)c1OCC(N)=O. The Bertz CT molecular complexity index is 484. The molecule has 0 radical (unpaired) electrons. The average Bonchev–Trinajstić information content (AvgIpc) is 2.33. The van der Waals surface area contributed by atoms with Crippen LogP contribution in [0, 0.1) is 0 Å². The number of nitrogens with two attached hydrogens (primary N) is 1. The van der Waals surface area contributed by atoms with Crippen LogP contribution in [0.2, 0.25) is 5.02 Å². The lowest BCUT2D eigenvalue weighted by atomic mass is 10.1. The van der Waals surface area contributed by atoms with E-state index in [1.807, 2.05) is 0 Å². The van der Waals surface area contributed by atoms with E-state index < -0.39 is 5.91 Å². The normalized spacial score (nSPS) is 11.2. The van der Waals surface area contributed by atoms with Crippen LogP contribution in [0.3, 0.4) is 0 Å². The first-order valence-electron chi connectivity index (χ1n) is 6.25. The first-order chi connectivity index (χ1) is 9.23. The number of methoxy groups -OCH3 is 1. The quantitative estimate of drug-likeness (QED) is 0.844. The van der Waals surface area contributed by atoms with Gasteiger partial charge in [0.05, 0.1) is 7.11 Å². The molecule has 1 aromatic rings. The van der Waals surface area contributed by atoms with Crippen LogP contribution in [-0.4, -0.2) is 25.2 Å². The lowest BCUT2D eigenvalue weighted by Gasteiger charge is -2.22. The predicted molar refractivity (Wildman–Crippen MR) is 79.3 cm³/mol. The van der Waals surface area contributed by atoms with Crippen LogP contribution < -0.4 is 20.5 Å². The molecule has 5 nitrogen and oxygen atoms in total. The van der Waals surface area contributed by atoms with Crippen LogP contribution in [0.4, 0.5) is 0 Å². The summed E-state index contributed by atoms with van der Waals surface area (Å²) in [6.07, 6.45) is 0. The summed E-state index contributed by atoms with van der Waals surface area (Å²) in [6, 6.07) is 3.41. The second-order valence-electron chi connectivity index (χ2n) is 5.45. The molecule has 1 aromatic carbocycles. The molecule has 6 heteroatoms. The lowest BCUT2D eigenvalue weighted by molar-refractivity contribution is -0.119. The first-order valence-corrected chi connectivity index (χ1v) is 6.63. The van der Waals surface area contributed by atoms with Crippen LogP contribution >= 0.6 is 11.6 Å². The van der Waals surface area contributed by atoms with E-state index in [9.17, 15) is 4.79 Å². The minimum Gasteiger partial charge on any atom is -0.493 e. The van der Waals surface area contributed by atoms with Gasteiger partial charge in [-0.3, -0.25) is 4.79 Å². The third-order valence-corrected chi connectivity index (χ3v) is 2.70. The largest absolute Gasteiger partial charge is 0.493 e. The number of carbonyl (C=O) groups is 1. The van der Waals surface area contributed by atoms with E-state index in [4.69, 9.17) is 26.8 Å². The molecule has 0 aromatic heterocycles. The molecule has 3 N–H and O–H groups in total. The van der Waals surface area contributed by atoms with Gasteiger partial charge in [0.15, 0.2) is 18.1 Å². The maximum Gasteiger partial charge on any atom is 0.255 e. The van der Waals surface area contributed by atoms with Crippen LogP contribution in [0.25, 0.3) is 0 Å². The fourth-order valence-corrected chi connectivity index (χ4v) is 1.80. The zero-order valence-corrected chi connectivity index (χ0v) is 13.0. The lowest BCUT2D eigenvalue weighted by Crippen LogP contribution is -2.35. The number of rotatable bonds is 6. The van der Waals surface area contributed by atoms with Gasteiger partial charge in [-0.05, 0) is 26.8 Å². The first kappa shape index (κ1) is 16.6. The van der Waals surface area contributed by atoms with Crippen molar-refractivity contribution >= 4 is 17.5 Å². The number of primary amides is 1. The van der Waals surface area contributed by atoms with Crippen molar-refractivity contribution in [2.24, 2.45) is 5.73 Å². The van der Waals surface area contributed by atoms with Gasteiger partial charge in [0.25, 0.3) is 5.91 Å². The van der Waals surface area contributed by atoms with Crippen molar-refractivity contribution in [3.05, 3.63) is 22.7 Å². The number of halogens is 1. The van der Waals surface area contributed by atoms with Gasteiger partial charge in [-0.2, -0.15) is 0 Å². The fraction of sp³-hybridized carbons (Fsp3) is 0.500. The molecule has 0 unspecified atom stereocenters. The van der Waals surface area contributed by atoms with Crippen molar-refractivity contribution in [2.45, 2.75) is 32.9 Å². The topological polar surface area (TPSA) is 73.6 Å². The predicted octanol–water partition coefficient (Wildman–Crippen LogP) is 2.10. The van der Waals surface area contributed by atoms with Crippen LogP contribution in [0.5, 0.6) is 11.5 Å². The Kier molecular flexibility index (Phi) is 5.65. The molecule has 1 rings (SSSR count). The molecule has 0 saturated carbocycles. The Morgan fingerprint density at radius 2 is 2.05 bits per heavy atom. The van der Waals surface area contributed by atoms with Gasteiger partial charge in [-0.15, -0.1) is 0 Å². The highest BCUT2D eigenvalue weighted by molar-refractivity contribution is 6.30. The maximum atomic E-state index is 10.9. The summed E-state index contributed by atoms with van der Waals surface area (Å²) in [4.78, 5) is 10.9. The van der Waals surface area contributed by atoms with E-state index in [-0.39, 0.29) is 12.1 Å². The molecule has 0 saturated heterocycles. The number of hydrogen-bond donors (Lipinski definition) is 2. The van der Waals surface area contributed by atoms with Crippen molar-refractivity contribution < 1.29 is 14.3 Å². The molecule has 0 aliphatic carbocycles. The Morgan fingerprint density at radius 1 is 1.40 bits per heavy atom. The minimum atomic E-state index is -0.545. The molecule has 0 fully saturated rings. The second kappa shape index (κ2) is 6.81. The van der Waals surface area contributed by atoms with Crippen molar-refractivity contribution in [1.29, 1.82) is 0 Å². The molecule has 0 aliphatic heterocycles. The Labute approximate surface area is 124 Å². The highest BCUT2D eigenvalue weighted by Crippen LogP contribution is 2.35. The minimum absolute atomic E-state index is 0.0590. The number of ether oxygens (including phenoxy) is 2. The molecule has 0 atom stereocenters. The van der Waals surface area contributed by atoms with Gasteiger partial charge in [-0.25, -0.2) is 0 Å². The third kappa shape index (κ3) is 5.27. The monoisotopic (exact) mass is 300 g/mol. The third-order valence-electron chi connectivity index (χ3n) is 2.48. The van der Waals surface area contributed by atoms with Crippen molar-refractivity contribution in [2.75, 3.05) is 13.7 Å². The second-order valence-corrected chi connectivity index (χ2v) is 5.89. The molecular weight excluding hydrogens is 280 g/mol. The molecule has 20 heavy (non-hydrogen) atoms. The summed E-state index contributed by atoms with van der Waals surface area (Å²) in [5.74, 6) is 0.411. The van der Waals surface area contributed by atoms with Gasteiger partial charge >= 0.3 is 0 Å². The summed E-state index contributed by atoms with van der Waals surface area (Å²) >= 11 is 6.06. The molecule has 112 valence electrons. The number of benzene rings is 1. The van der Waals surface area contributed by atoms with Crippen molar-refractivity contribution in [3.63, 3.8) is 0 Å². The highest BCUT2D eigenvalue weighted by atomic mass is 35.5. The Balaban J connectivity index is 3.04. The number of amides is 1. The van der Waals surface area contributed by atoms with Crippen molar-refractivity contribution in [1.82, 2.24) is 5.32 Å². The van der Waals surface area contributed by atoms with E-state index in [2.05, 4.69) is 26.1 Å². The molecular formula is C14H21ClN2O3. The zero-order valence-electron chi connectivity index (χ0n) is 12.2. The van der Waals surface area contributed by atoms with Crippen LogP contribution in [0.1, 0.15) is 26.3 Å². The van der Waals surface area contributed by atoms with E-state index >= 15 is 0 Å².